The normalized spacial score (nSPS) is 12.5. The van der Waals surface area contributed by atoms with Gasteiger partial charge in [0.15, 0.2) is 0 Å². The van der Waals surface area contributed by atoms with E-state index in [1.54, 1.807) is 12.5 Å². The largest absolute Gasteiger partial charge is 0.356 e. The molecule has 84 valence electrons. The Bertz CT molecular complexity index is 319. The summed E-state index contributed by atoms with van der Waals surface area (Å²) in [5.74, 6) is 0.0572. The lowest BCUT2D eigenvalue weighted by molar-refractivity contribution is -0.121. The van der Waals surface area contributed by atoms with Gasteiger partial charge in [-0.1, -0.05) is 0 Å². The van der Waals surface area contributed by atoms with Gasteiger partial charge in [-0.25, -0.2) is 4.98 Å². The molecule has 0 spiro atoms. The third-order valence-electron chi connectivity index (χ3n) is 2.16. The number of carbonyl (C=O) groups excluding carboxylic acids is 1. The maximum absolute atomic E-state index is 11.2. The summed E-state index contributed by atoms with van der Waals surface area (Å²) >= 11 is 0. The van der Waals surface area contributed by atoms with Crippen molar-refractivity contribution in [1.82, 2.24) is 14.9 Å². The van der Waals surface area contributed by atoms with E-state index in [-0.39, 0.29) is 11.9 Å². The molecule has 1 aromatic rings. The first-order valence-corrected chi connectivity index (χ1v) is 5.17. The third-order valence-corrected chi connectivity index (χ3v) is 2.16. The van der Waals surface area contributed by atoms with Crippen molar-refractivity contribution < 1.29 is 4.79 Å². The molecule has 3 N–H and O–H groups in total. The number of hydrogen-bond acceptors (Lipinski definition) is 3. The summed E-state index contributed by atoms with van der Waals surface area (Å²) < 4.78 is 1.92. The van der Waals surface area contributed by atoms with Crippen molar-refractivity contribution in [2.24, 2.45) is 5.73 Å². The lowest BCUT2D eigenvalue weighted by Crippen LogP contribution is -2.24. The fourth-order valence-corrected chi connectivity index (χ4v) is 1.40. The molecule has 5 heteroatoms. The fraction of sp³-hybridized carbons (Fsp3) is 0.600. The van der Waals surface area contributed by atoms with E-state index in [9.17, 15) is 4.79 Å². The van der Waals surface area contributed by atoms with Gasteiger partial charge in [-0.3, -0.25) is 4.79 Å². The van der Waals surface area contributed by atoms with Crippen molar-refractivity contribution >= 4 is 5.91 Å². The maximum atomic E-state index is 11.2. The Balaban J connectivity index is 2.50. The van der Waals surface area contributed by atoms with Gasteiger partial charge in [0.25, 0.3) is 0 Å². The molecule has 15 heavy (non-hydrogen) atoms. The van der Waals surface area contributed by atoms with Crippen LogP contribution in [0.25, 0.3) is 0 Å². The number of amides is 1. The molecule has 1 atom stereocenters. The molecule has 0 aliphatic carbocycles. The molecule has 0 unspecified atom stereocenters. The number of nitrogens with one attached hydrogen (secondary N) is 1. The average Bonchev–Trinajstić information content (AvgIpc) is 2.63. The Labute approximate surface area is 89.7 Å². The van der Waals surface area contributed by atoms with Gasteiger partial charge in [-0.05, 0) is 13.8 Å². The molecule has 1 rings (SSSR count). The molecule has 0 saturated carbocycles. The Kier molecular flexibility index (Phi) is 4.30. The predicted molar refractivity (Wildman–Crippen MR) is 58.1 cm³/mol. The van der Waals surface area contributed by atoms with E-state index in [4.69, 9.17) is 5.73 Å². The van der Waals surface area contributed by atoms with Crippen LogP contribution in [0, 0.1) is 0 Å². The summed E-state index contributed by atoms with van der Waals surface area (Å²) in [5.41, 5.74) is 6.72. The van der Waals surface area contributed by atoms with Gasteiger partial charge < -0.3 is 15.6 Å². The van der Waals surface area contributed by atoms with E-state index in [1.807, 2.05) is 18.4 Å². The monoisotopic (exact) mass is 210 g/mol. The molecular weight excluding hydrogens is 192 g/mol. The lowest BCUT2D eigenvalue weighted by atomic mass is 10.2. The lowest BCUT2D eigenvalue weighted by Gasteiger charge is -2.10. The van der Waals surface area contributed by atoms with Crippen LogP contribution in [0.2, 0.25) is 0 Å². The number of imidazole rings is 1. The van der Waals surface area contributed by atoms with Crippen LogP contribution in [-0.4, -0.2) is 22.0 Å². The minimum Gasteiger partial charge on any atom is -0.356 e. The van der Waals surface area contributed by atoms with Crippen molar-refractivity contribution in [2.45, 2.75) is 32.9 Å². The van der Waals surface area contributed by atoms with Crippen LogP contribution < -0.4 is 11.1 Å². The number of hydrogen-bond donors (Lipinski definition) is 2. The first-order valence-electron chi connectivity index (χ1n) is 5.17. The minimum atomic E-state index is -0.0539. The summed E-state index contributed by atoms with van der Waals surface area (Å²) in [6, 6.07) is -0.0539. The molecule has 0 aromatic carbocycles. The van der Waals surface area contributed by atoms with Crippen LogP contribution in [0.5, 0.6) is 0 Å². The summed E-state index contributed by atoms with van der Waals surface area (Å²) in [4.78, 5) is 15.3. The Morgan fingerprint density at radius 1 is 1.73 bits per heavy atom. The van der Waals surface area contributed by atoms with Crippen LogP contribution in [0.15, 0.2) is 12.5 Å². The standard InChI is InChI=1S/C10H18N4O/c1-3-13-10(15)4-5-14-7-12-6-9(14)8(2)11/h6-8H,3-5,11H2,1-2H3,(H,13,15)/t8-/m0/s1. The molecule has 1 amide bonds. The minimum absolute atomic E-state index is 0.0539. The molecular formula is C10H18N4O. The molecule has 0 fully saturated rings. The smallest absolute Gasteiger partial charge is 0.221 e. The Morgan fingerprint density at radius 3 is 3.07 bits per heavy atom. The van der Waals surface area contributed by atoms with E-state index in [2.05, 4.69) is 10.3 Å². The molecule has 1 heterocycles. The molecule has 0 radical (unpaired) electrons. The van der Waals surface area contributed by atoms with Crippen molar-refractivity contribution in [1.29, 1.82) is 0 Å². The van der Waals surface area contributed by atoms with Crippen molar-refractivity contribution in [2.75, 3.05) is 6.54 Å². The highest BCUT2D eigenvalue weighted by Gasteiger charge is 2.07. The summed E-state index contributed by atoms with van der Waals surface area (Å²) in [6.07, 6.45) is 3.91. The highest BCUT2D eigenvalue weighted by molar-refractivity contribution is 5.75. The SMILES string of the molecule is CCNC(=O)CCn1cncc1[C@H](C)N. The molecule has 0 aliphatic heterocycles. The number of carbonyl (C=O) groups is 1. The zero-order chi connectivity index (χ0) is 11.3. The van der Waals surface area contributed by atoms with E-state index < -0.39 is 0 Å². The van der Waals surface area contributed by atoms with Crippen LogP contribution in [0.1, 0.15) is 32.0 Å². The quantitative estimate of drug-likeness (QED) is 0.740. The zero-order valence-electron chi connectivity index (χ0n) is 9.23. The summed E-state index contributed by atoms with van der Waals surface area (Å²) in [6.45, 7) is 5.10. The molecule has 1 aromatic heterocycles. The van der Waals surface area contributed by atoms with Gasteiger partial charge in [0.1, 0.15) is 0 Å². The molecule has 5 nitrogen and oxygen atoms in total. The predicted octanol–water partition coefficient (Wildman–Crippen LogP) is 0.429. The zero-order valence-corrected chi connectivity index (χ0v) is 9.23. The van der Waals surface area contributed by atoms with Gasteiger partial charge in [0.05, 0.1) is 12.0 Å². The van der Waals surface area contributed by atoms with E-state index in [1.165, 1.54) is 0 Å². The number of nitrogens with zero attached hydrogens (tertiary/aromatic N) is 2. The van der Waals surface area contributed by atoms with Crippen molar-refractivity contribution in [3.8, 4) is 0 Å². The van der Waals surface area contributed by atoms with Gasteiger partial charge in [-0.15, -0.1) is 0 Å². The topological polar surface area (TPSA) is 72.9 Å². The highest BCUT2D eigenvalue weighted by Crippen LogP contribution is 2.08. The van der Waals surface area contributed by atoms with Crippen LogP contribution in [0.4, 0.5) is 0 Å². The third kappa shape index (κ3) is 3.36. The number of aryl methyl sites for hydroxylation is 1. The van der Waals surface area contributed by atoms with Gasteiger partial charge in [0, 0.05) is 31.7 Å². The number of aromatic nitrogens is 2. The highest BCUT2D eigenvalue weighted by atomic mass is 16.1. The number of rotatable bonds is 5. The van der Waals surface area contributed by atoms with Crippen molar-refractivity contribution in [3.05, 3.63) is 18.2 Å². The first kappa shape index (κ1) is 11.7. The fourth-order valence-electron chi connectivity index (χ4n) is 1.40. The summed E-state index contributed by atoms with van der Waals surface area (Å²) in [7, 11) is 0. The van der Waals surface area contributed by atoms with Crippen LogP contribution in [-0.2, 0) is 11.3 Å². The molecule has 0 saturated heterocycles. The van der Waals surface area contributed by atoms with Gasteiger partial charge in [-0.2, -0.15) is 0 Å². The second kappa shape index (κ2) is 5.50. The van der Waals surface area contributed by atoms with E-state index in [0.29, 0.717) is 19.5 Å². The van der Waals surface area contributed by atoms with Gasteiger partial charge >= 0.3 is 0 Å². The first-order chi connectivity index (χ1) is 7.15. The summed E-state index contributed by atoms with van der Waals surface area (Å²) in [5, 5.41) is 2.75. The van der Waals surface area contributed by atoms with E-state index in [0.717, 1.165) is 5.69 Å². The molecule has 0 bridgehead atoms. The Hall–Kier alpha value is -1.36. The van der Waals surface area contributed by atoms with Crippen molar-refractivity contribution in [3.63, 3.8) is 0 Å². The maximum Gasteiger partial charge on any atom is 0.221 e. The average molecular weight is 210 g/mol. The second-order valence-electron chi connectivity index (χ2n) is 3.50. The second-order valence-corrected chi connectivity index (χ2v) is 3.50. The van der Waals surface area contributed by atoms with E-state index >= 15 is 0 Å². The Morgan fingerprint density at radius 2 is 2.47 bits per heavy atom. The van der Waals surface area contributed by atoms with Gasteiger partial charge in [0.2, 0.25) is 5.91 Å². The van der Waals surface area contributed by atoms with Crippen LogP contribution in [0.3, 0.4) is 0 Å². The number of nitrogens with two attached hydrogens (primary N) is 1. The molecule has 0 aliphatic rings. The van der Waals surface area contributed by atoms with Crippen LogP contribution >= 0.6 is 0 Å².